The van der Waals surface area contributed by atoms with Gasteiger partial charge >= 0.3 is 0 Å². The monoisotopic (exact) mass is 375 g/mol. The molecule has 1 amide bonds. The maximum atomic E-state index is 12.7. The van der Waals surface area contributed by atoms with Crippen molar-refractivity contribution >= 4 is 15.7 Å². The molecule has 4 saturated carbocycles. The van der Waals surface area contributed by atoms with Crippen molar-refractivity contribution in [1.82, 2.24) is 5.32 Å². The SMILES string of the molecule is C[C@H](NC(=O)c1ccc(CS(C)(=O)=O)cc1)C12CC3CC(CC(C3)C1)C2. The van der Waals surface area contributed by atoms with E-state index >= 15 is 0 Å². The lowest BCUT2D eigenvalue weighted by molar-refractivity contribution is -0.0688. The van der Waals surface area contributed by atoms with E-state index in [1.807, 2.05) is 0 Å². The third-order valence-electron chi connectivity index (χ3n) is 7.00. The van der Waals surface area contributed by atoms with E-state index in [1.165, 1.54) is 44.8 Å². The molecule has 1 aromatic carbocycles. The molecule has 0 aromatic heterocycles. The Morgan fingerprint density at radius 2 is 1.58 bits per heavy atom. The van der Waals surface area contributed by atoms with Gasteiger partial charge in [0.05, 0.1) is 5.75 Å². The number of carbonyl (C=O) groups is 1. The molecule has 0 heterocycles. The zero-order chi connectivity index (χ0) is 18.5. The van der Waals surface area contributed by atoms with Gasteiger partial charge in [0, 0.05) is 17.9 Å². The molecule has 26 heavy (non-hydrogen) atoms. The van der Waals surface area contributed by atoms with Gasteiger partial charge in [-0.1, -0.05) is 12.1 Å². The van der Waals surface area contributed by atoms with E-state index in [-0.39, 0.29) is 17.7 Å². The van der Waals surface area contributed by atoms with E-state index in [2.05, 4.69) is 12.2 Å². The van der Waals surface area contributed by atoms with Gasteiger partial charge in [0.15, 0.2) is 9.84 Å². The lowest BCUT2D eigenvalue weighted by Crippen LogP contribution is -2.55. The molecule has 4 aliphatic carbocycles. The third kappa shape index (κ3) is 3.55. The van der Waals surface area contributed by atoms with Crippen LogP contribution in [0.4, 0.5) is 0 Å². The summed E-state index contributed by atoms with van der Waals surface area (Å²) in [7, 11) is -3.06. The second kappa shape index (κ2) is 6.36. The van der Waals surface area contributed by atoms with Gasteiger partial charge in [-0.2, -0.15) is 0 Å². The summed E-state index contributed by atoms with van der Waals surface area (Å²) in [6.45, 7) is 2.18. The molecule has 0 aliphatic heterocycles. The first kappa shape index (κ1) is 18.0. The molecule has 1 aromatic rings. The zero-order valence-electron chi connectivity index (χ0n) is 15.7. The molecule has 4 nitrogen and oxygen atoms in total. The molecule has 4 fully saturated rings. The first-order valence-electron chi connectivity index (χ1n) is 9.80. The van der Waals surface area contributed by atoms with Crippen molar-refractivity contribution < 1.29 is 13.2 Å². The molecule has 1 N–H and O–H groups in total. The predicted molar refractivity (Wildman–Crippen MR) is 103 cm³/mol. The van der Waals surface area contributed by atoms with Gasteiger partial charge in [-0.05, 0) is 86.3 Å². The van der Waals surface area contributed by atoms with Crippen molar-refractivity contribution in [2.24, 2.45) is 23.2 Å². The number of carbonyl (C=O) groups excluding carboxylic acids is 1. The molecule has 0 unspecified atom stereocenters. The van der Waals surface area contributed by atoms with Gasteiger partial charge in [-0.25, -0.2) is 8.42 Å². The Kier molecular flexibility index (Phi) is 4.41. The van der Waals surface area contributed by atoms with E-state index in [0.29, 0.717) is 11.0 Å². The summed E-state index contributed by atoms with van der Waals surface area (Å²) in [5, 5.41) is 3.26. The first-order chi connectivity index (χ1) is 12.2. The number of hydrogen-bond acceptors (Lipinski definition) is 3. The van der Waals surface area contributed by atoms with E-state index < -0.39 is 9.84 Å². The van der Waals surface area contributed by atoms with Crippen molar-refractivity contribution in [3.63, 3.8) is 0 Å². The minimum Gasteiger partial charge on any atom is -0.349 e. The zero-order valence-corrected chi connectivity index (χ0v) is 16.5. The second-order valence-electron chi connectivity index (χ2n) is 9.24. The van der Waals surface area contributed by atoms with Crippen LogP contribution in [0.15, 0.2) is 24.3 Å². The summed E-state index contributed by atoms with van der Waals surface area (Å²) >= 11 is 0. The molecule has 4 aliphatic rings. The minimum atomic E-state index is -3.06. The molecular weight excluding hydrogens is 346 g/mol. The van der Waals surface area contributed by atoms with E-state index in [0.717, 1.165) is 23.3 Å². The smallest absolute Gasteiger partial charge is 0.251 e. The maximum Gasteiger partial charge on any atom is 0.251 e. The Morgan fingerprint density at radius 1 is 1.08 bits per heavy atom. The molecule has 0 radical (unpaired) electrons. The number of rotatable bonds is 5. The highest BCUT2D eigenvalue weighted by Gasteiger charge is 2.53. The summed E-state index contributed by atoms with van der Waals surface area (Å²) in [4.78, 5) is 12.7. The van der Waals surface area contributed by atoms with Crippen LogP contribution in [0.1, 0.15) is 61.4 Å². The lowest BCUT2D eigenvalue weighted by Gasteiger charge is -2.59. The van der Waals surface area contributed by atoms with Gasteiger partial charge in [-0.15, -0.1) is 0 Å². The molecule has 1 atom stereocenters. The van der Waals surface area contributed by atoms with Crippen molar-refractivity contribution in [3.8, 4) is 0 Å². The fraction of sp³-hybridized carbons (Fsp3) is 0.667. The lowest BCUT2D eigenvalue weighted by atomic mass is 9.48. The van der Waals surface area contributed by atoms with Crippen LogP contribution in [0.25, 0.3) is 0 Å². The Bertz CT molecular complexity index is 762. The number of benzene rings is 1. The van der Waals surface area contributed by atoms with Crippen LogP contribution in [-0.2, 0) is 15.6 Å². The van der Waals surface area contributed by atoms with Crippen LogP contribution < -0.4 is 5.32 Å². The standard InChI is InChI=1S/C21H29NO3S/c1-14(21-10-16-7-17(11-21)9-18(8-16)12-21)22-20(23)19-5-3-15(4-6-19)13-26(2,24)25/h3-6,14,16-18H,7-13H2,1-2H3,(H,22,23)/t14-,16?,17?,18?,21?/m0/s1. The number of sulfone groups is 1. The molecule has 0 spiro atoms. The van der Waals surface area contributed by atoms with Crippen LogP contribution in [-0.4, -0.2) is 26.6 Å². The van der Waals surface area contributed by atoms with Gasteiger partial charge in [0.25, 0.3) is 5.91 Å². The molecule has 5 heteroatoms. The summed E-state index contributed by atoms with van der Waals surface area (Å²) in [5.41, 5.74) is 1.62. The van der Waals surface area contributed by atoms with Gasteiger partial charge in [0.1, 0.15) is 0 Å². The average Bonchev–Trinajstić information content (AvgIpc) is 2.52. The van der Waals surface area contributed by atoms with Gasteiger partial charge < -0.3 is 5.32 Å². The highest BCUT2D eigenvalue weighted by atomic mass is 32.2. The van der Waals surface area contributed by atoms with Crippen molar-refractivity contribution in [3.05, 3.63) is 35.4 Å². The molecule has 0 saturated heterocycles. The molecular formula is C21H29NO3S. The average molecular weight is 376 g/mol. The molecule has 142 valence electrons. The Labute approximate surface area is 156 Å². The van der Waals surface area contributed by atoms with E-state index in [4.69, 9.17) is 0 Å². The highest BCUT2D eigenvalue weighted by molar-refractivity contribution is 7.89. The van der Waals surface area contributed by atoms with E-state index in [9.17, 15) is 13.2 Å². The maximum absolute atomic E-state index is 12.7. The van der Waals surface area contributed by atoms with Crippen LogP contribution >= 0.6 is 0 Å². The van der Waals surface area contributed by atoms with Crippen molar-refractivity contribution in [2.45, 2.75) is 57.2 Å². The summed E-state index contributed by atoms with van der Waals surface area (Å²) in [5.74, 6) is 2.58. The topological polar surface area (TPSA) is 63.2 Å². The van der Waals surface area contributed by atoms with E-state index in [1.54, 1.807) is 24.3 Å². The first-order valence-corrected chi connectivity index (χ1v) is 11.9. The predicted octanol–water partition coefficient (Wildman–Crippen LogP) is 3.57. The minimum absolute atomic E-state index is 0.0125. The second-order valence-corrected chi connectivity index (χ2v) is 11.4. The number of amides is 1. The van der Waals surface area contributed by atoms with Crippen LogP contribution in [0.5, 0.6) is 0 Å². The summed E-state index contributed by atoms with van der Waals surface area (Å²) < 4.78 is 22.8. The fourth-order valence-electron chi connectivity index (χ4n) is 6.20. The number of nitrogens with one attached hydrogen (secondary N) is 1. The Balaban J connectivity index is 1.43. The van der Waals surface area contributed by atoms with Crippen LogP contribution in [0, 0.1) is 23.2 Å². The Hall–Kier alpha value is -1.36. The number of hydrogen-bond donors (Lipinski definition) is 1. The quantitative estimate of drug-likeness (QED) is 0.856. The van der Waals surface area contributed by atoms with Crippen LogP contribution in [0.3, 0.4) is 0 Å². The summed E-state index contributed by atoms with van der Waals surface area (Å²) in [6, 6.07) is 7.15. The fourth-order valence-corrected chi connectivity index (χ4v) is 6.99. The van der Waals surface area contributed by atoms with Crippen molar-refractivity contribution in [2.75, 3.05) is 6.26 Å². The third-order valence-corrected chi connectivity index (χ3v) is 7.85. The normalized spacial score (nSPS) is 33.8. The molecule has 4 bridgehead atoms. The Morgan fingerprint density at radius 3 is 2.04 bits per heavy atom. The van der Waals surface area contributed by atoms with Crippen molar-refractivity contribution in [1.29, 1.82) is 0 Å². The van der Waals surface area contributed by atoms with Gasteiger partial charge in [0.2, 0.25) is 0 Å². The molecule has 5 rings (SSSR count). The van der Waals surface area contributed by atoms with Gasteiger partial charge in [-0.3, -0.25) is 4.79 Å². The highest BCUT2D eigenvalue weighted by Crippen LogP contribution is 2.61. The largest absolute Gasteiger partial charge is 0.349 e. The summed E-state index contributed by atoms with van der Waals surface area (Å²) in [6.07, 6.45) is 9.25. The van der Waals surface area contributed by atoms with Crippen LogP contribution in [0.2, 0.25) is 0 Å².